The van der Waals surface area contributed by atoms with E-state index < -0.39 is 11.0 Å². The summed E-state index contributed by atoms with van der Waals surface area (Å²) in [5.74, 6) is 0.408. The molecule has 1 unspecified atom stereocenters. The summed E-state index contributed by atoms with van der Waals surface area (Å²) in [5.41, 5.74) is 1.85. The summed E-state index contributed by atoms with van der Waals surface area (Å²) >= 11 is 5.43. The van der Waals surface area contributed by atoms with Crippen LogP contribution in [0.25, 0.3) is 0 Å². The zero-order valence-corrected chi connectivity index (χ0v) is 16.9. The minimum absolute atomic E-state index is 0.0302. The van der Waals surface area contributed by atoms with E-state index in [1.165, 1.54) is 6.07 Å². The first-order chi connectivity index (χ1) is 13.4. The number of benzene rings is 1. The van der Waals surface area contributed by atoms with Gasteiger partial charge >= 0.3 is 5.69 Å². The lowest BCUT2D eigenvalue weighted by atomic mass is 9.84. The summed E-state index contributed by atoms with van der Waals surface area (Å²) in [6.07, 6.45) is 1.97. The second kappa shape index (κ2) is 8.14. The maximum atomic E-state index is 12.7. The van der Waals surface area contributed by atoms with Crippen molar-refractivity contribution in [3.05, 3.63) is 39.1 Å². The molecule has 0 amide bonds. The van der Waals surface area contributed by atoms with Crippen LogP contribution in [-0.4, -0.2) is 41.0 Å². The fourth-order valence-electron chi connectivity index (χ4n) is 3.65. The lowest BCUT2D eigenvalue weighted by Crippen LogP contribution is -2.47. The number of nitrogens with one attached hydrogen (secondary N) is 1. The monoisotopic (exact) mass is 405 g/mol. The number of nitrogens with zero attached hydrogens (tertiary/aromatic N) is 2. The Bertz CT molecular complexity index is 867. The highest BCUT2D eigenvalue weighted by Crippen LogP contribution is 2.43. The van der Waals surface area contributed by atoms with E-state index in [1.807, 2.05) is 11.9 Å². The standard InChI is InChI=1S/C19H23N3O5S/c1-4-26-15-10-11(9-13(22(24)25)18(15)27-5-2)17-16-12(7-6-8-14(16)23)21(3)19(28)20-17/h9-10,17H,4-8H2,1-3H3,(H,20,28). The summed E-state index contributed by atoms with van der Waals surface area (Å²) in [7, 11) is 1.83. The minimum atomic E-state index is -0.555. The van der Waals surface area contributed by atoms with Gasteiger partial charge in [0.15, 0.2) is 16.6 Å². The van der Waals surface area contributed by atoms with Crippen LogP contribution in [-0.2, 0) is 4.79 Å². The quantitative estimate of drug-likeness (QED) is 0.438. The number of nitro benzene ring substituents is 1. The largest absolute Gasteiger partial charge is 0.490 e. The van der Waals surface area contributed by atoms with Crippen LogP contribution in [0.15, 0.2) is 23.4 Å². The molecule has 0 bridgehead atoms. The molecule has 0 radical (unpaired) electrons. The number of hydrogen-bond donors (Lipinski definition) is 1. The van der Waals surface area contributed by atoms with Gasteiger partial charge in [0.1, 0.15) is 0 Å². The van der Waals surface area contributed by atoms with Crippen LogP contribution < -0.4 is 14.8 Å². The molecule has 3 rings (SSSR count). The first-order valence-electron chi connectivity index (χ1n) is 9.27. The van der Waals surface area contributed by atoms with Gasteiger partial charge in [-0.3, -0.25) is 14.9 Å². The summed E-state index contributed by atoms with van der Waals surface area (Å²) in [6.45, 7) is 4.14. The molecule has 150 valence electrons. The van der Waals surface area contributed by atoms with Crippen molar-refractivity contribution in [2.75, 3.05) is 20.3 Å². The van der Waals surface area contributed by atoms with Crippen LogP contribution in [0.5, 0.6) is 11.5 Å². The van der Waals surface area contributed by atoms with Gasteiger partial charge in [0.2, 0.25) is 5.75 Å². The van der Waals surface area contributed by atoms with Crippen molar-refractivity contribution in [1.29, 1.82) is 0 Å². The number of carbonyl (C=O) groups excluding carboxylic acids is 1. The molecule has 9 heteroatoms. The van der Waals surface area contributed by atoms with Crippen LogP contribution in [0.3, 0.4) is 0 Å². The Balaban J connectivity index is 2.19. The Labute approximate surface area is 168 Å². The van der Waals surface area contributed by atoms with Crippen molar-refractivity contribution in [3.8, 4) is 11.5 Å². The van der Waals surface area contributed by atoms with E-state index >= 15 is 0 Å². The Morgan fingerprint density at radius 1 is 1.29 bits per heavy atom. The number of rotatable bonds is 6. The van der Waals surface area contributed by atoms with Crippen molar-refractivity contribution in [2.24, 2.45) is 0 Å². The van der Waals surface area contributed by atoms with Gasteiger partial charge in [-0.05, 0) is 50.5 Å². The molecule has 1 N–H and O–H groups in total. The number of ether oxygens (including phenoxy) is 2. The van der Waals surface area contributed by atoms with Crippen LogP contribution in [0.2, 0.25) is 0 Å². The number of allylic oxidation sites excluding steroid dienone is 1. The van der Waals surface area contributed by atoms with E-state index in [0.29, 0.717) is 29.3 Å². The molecule has 8 nitrogen and oxygen atoms in total. The predicted octanol–water partition coefficient (Wildman–Crippen LogP) is 3.26. The van der Waals surface area contributed by atoms with E-state index in [0.717, 1.165) is 18.5 Å². The fraction of sp³-hybridized carbons (Fsp3) is 0.474. The lowest BCUT2D eigenvalue weighted by Gasteiger charge is -2.39. The average molecular weight is 405 g/mol. The van der Waals surface area contributed by atoms with Crippen molar-refractivity contribution < 1.29 is 19.2 Å². The fourth-order valence-corrected chi connectivity index (χ4v) is 3.88. The molecule has 0 fully saturated rings. The normalized spacial score (nSPS) is 19.2. The number of hydrogen-bond acceptors (Lipinski definition) is 6. The third kappa shape index (κ3) is 3.54. The zero-order valence-electron chi connectivity index (χ0n) is 16.1. The van der Waals surface area contributed by atoms with Gasteiger partial charge in [0.05, 0.1) is 24.2 Å². The molecular weight excluding hydrogens is 382 g/mol. The van der Waals surface area contributed by atoms with E-state index in [4.69, 9.17) is 21.7 Å². The van der Waals surface area contributed by atoms with Crippen molar-refractivity contribution in [2.45, 2.75) is 39.2 Å². The number of ketones is 1. The highest BCUT2D eigenvalue weighted by atomic mass is 32.1. The van der Waals surface area contributed by atoms with Crippen LogP contribution in [0, 0.1) is 10.1 Å². The van der Waals surface area contributed by atoms with E-state index in [2.05, 4.69) is 5.32 Å². The number of nitro groups is 1. The maximum absolute atomic E-state index is 12.7. The first kappa shape index (κ1) is 20.1. The average Bonchev–Trinajstić information content (AvgIpc) is 2.66. The molecule has 0 aromatic heterocycles. The van der Waals surface area contributed by atoms with Gasteiger partial charge < -0.3 is 19.7 Å². The molecule has 1 aromatic carbocycles. The highest BCUT2D eigenvalue weighted by Gasteiger charge is 2.37. The topological polar surface area (TPSA) is 93.9 Å². The van der Waals surface area contributed by atoms with E-state index in [1.54, 1.807) is 19.9 Å². The smallest absolute Gasteiger partial charge is 0.315 e. The Morgan fingerprint density at radius 2 is 2.00 bits per heavy atom. The Kier molecular flexibility index (Phi) is 5.83. The van der Waals surface area contributed by atoms with Gasteiger partial charge in [-0.25, -0.2) is 0 Å². The molecule has 2 aliphatic rings. The molecule has 1 heterocycles. The number of carbonyl (C=O) groups is 1. The lowest BCUT2D eigenvalue weighted by molar-refractivity contribution is -0.386. The Morgan fingerprint density at radius 3 is 2.64 bits per heavy atom. The third-order valence-electron chi connectivity index (χ3n) is 4.87. The van der Waals surface area contributed by atoms with Gasteiger partial charge in [-0.15, -0.1) is 0 Å². The van der Waals surface area contributed by atoms with E-state index in [-0.39, 0.29) is 29.6 Å². The Hall–Kier alpha value is -2.68. The summed E-state index contributed by atoms with van der Waals surface area (Å²) in [6, 6.07) is 2.57. The van der Waals surface area contributed by atoms with Crippen LogP contribution in [0.1, 0.15) is 44.7 Å². The predicted molar refractivity (Wildman–Crippen MR) is 108 cm³/mol. The first-order valence-corrected chi connectivity index (χ1v) is 9.68. The summed E-state index contributed by atoms with van der Waals surface area (Å²) < 4.78 is 11.1. The maximum Gasteiger partial charge on any atom is 0.315 e. The van der Waals surface area contributed by atoms with Crippen LogP contribution in [0.4, 0.5) is 5.69 Å². The molecule has 1 aliphatic carbocycles. The summed E-state index contributed by atoms with van der Waals surface area (Å²) in [4.78, 5) is 25.7. The second-order valence-corrected chi connectivity index (χ2v) is 6.96. The molecule has 0 saturated heterocycles. The van der Waals surface area contributed by atoms with E-state index in [9.17, 15) is 14.9 Å². The zero-order chi connectivity index (χ0) is 20.4. The SMILES string of the molecule is CCOc1cc(C2NC(=S)N(C)C3=C2C(=O)CCC3)cc([N+](=O)[O-])c1OCC. The highest BCUT2D eigenvalue weighted by molar-refractivity contribution is 7.80. The summed E-state index contributed by atoms with van der Waals surface area (Å²) in [5, 5.41) is 15.3. The molecule has 0 spiro atoms. The molecule has 1 aromatic rings. The number of thiocarbonyl (C=S) groups is 1. The molecule has 0 saturated carbocycles. The molecule has 28 heavy (non-hydrogen) atoms. The molecule has 1 atom stereocenters. The third-order valence-corrected chi connectivity index (χ3v) is 5.26. The van der Waals surface area contributed by atoms with Gasteiger partial charge in [-0.1, -0.05) is 0 Å². The van der Waals surface area contributed by atoms with Gasteiger partial charge in [0, 0.05) is 30.8 Å². The molecular formula is C19H23N3O5S. The molecule has 1 aliphatic heterocycles. The van der Waals surface area contributed by atoms with Gasteiger partial charge in [0.25, 0.3) is 0 Å². The van der Waals surface area contributed by atoms with Crippen molar-refractivity contribution in [1.82, 2.24) is 10.2 Å². The van der Waals surface area contributed by atoms with Crippen LogP contribution >= 0.6 is 12.2 Å². The minimum Gasteiger partial charge on any atom is -0.490 e. The second-order valence-electron chi connectivity index (χ2n) is 6.57. The van der Waals surface area contributed by atoms with Crippen molar-refractivity contribution >= 4 is 28.8 Å². The van der Waals surface area contributed by atoms with Crippen molar-refractivity contribution in [3.63, 3.8) is 0 Å². The van der Waals surface area contributed by atoms with Gasteiger partial charge in [-0.2, -0.15) is 0 Å². The number of Topliss-reactive ketones (excluding diaryl/α,β-unsaturated/α-hetero) is 1.